The second-order valence-corrected chi connectivity index (χ2v) is 7.21. The maximum atomic E-state index is 12.4. The summed E-state index contributed by atoms with van der Waals surface area (Å²) >= 11 is 0. The van der Waals surface area contributed by atoms with Gasteiger partial charge in [-0.3, -0.25) is 4.79 Å². The van der Waals surface area contributed by atoms with Gasteiger partial charge in [-0.05, 0) is 52.6 Å². The van der Waals surface area contributed by atoms with Crippen molar-refractivity contribution >= 4 is 22.6 Å². The Labute approximate surface area is 182 Å². The molecule has 0 aromatic heterocycles. The van der Waals surface area contributed by atoms with Crippen LogP contribution >= 0.6 is 0 Å². The number of nitrogens with zero attached hydrogens (tertiary/aromatic N) is 1. The second-order valence-electron chi connectivity index (χ2n) is 7.21. The normalized spacial score (nSPS) is 10.5. The molecule has 0 bridgehead atoms. The van der Waals surface area contributed by atoms with Gasteiger partial charge in [0.1, 0.15) is 11.5 Å². The van der Waals surface area contributed by atoms with Crippen LogP contribution in [-0.2, 0) is 27.3 Å². The summed E-state index contributed by atoms with van der Waals surface area (Å²) < 4.78 is 15.9. The Kier molecular flexibility index (Phi) is 7.49. The summed E-state index contributed by atoms with van der Waals surface area (Å²) in [7, 11) is 3.32. The number of benzene rings is 3. The molecular weight excluding hydrogens is 394 g/mol. The van der Waals surface area contributed by atoms with E-state index in [0.717, 1.165) is 34.1 Å². The molecule has 0 heterocycles. The van der Waals surface area contributed by atoms with E-state index in [1.165, 1.54) is 4.90 Å². The van der Waals surface area contributed by atoms with E-state index in [1.54, 1.807) is 14.2 Å². The van der Waals surface area contributed by atoms with Crippen molar-refractivity contribution in [1.82, 2.24) is 4.90 Å². The zero-order valence-corrected chi connectivity index (χ0v) is 18.1. The first kappa shape index (κ1) is 22.2. The molecule has 0 spiro atoms. The molecule has 1 amide bonds. The highest BCUT2D eigenvalue weighted by Crippen LogP contribution is 2.22. The Balaban J connectivity index is 1.48. The molecule has 162 valence electrons. The van der Waals surface area contributed by atoms with Gasteiger partial charge in [-0.15, -0.1) is 0 Å². The number of fused-ring (bicyclic) bond motifs is 1. The summed E-state index contributed by atoms with van der Waals surface area (Å²) in [6.45, 7) is 1.88. The van der Waals surface area contributed by atoms with E-state index >= 15 is 0 Å². The van der Waals surface area contributed by atoms with Gasteiger partial charge in [0.05, 0.1) is 7.11 Å². The van der Waals surface area contributed by atoms with E-state index in [4.69, 9.17) is 14.2 Å². The quantitative estimate of drug-likeness (QED) is 0.489. The average Bonchev–Trinajstić information content (AvgIpc) is 2.80. The number of esters is 1. The molecule has 6 heteroatoms. The topological polar surface area (TPSA) is 65.1 Å². The second kappa shape index (κ2) is 10.5. The molecule has 0 fully saturated rings. The lowest BCUT2D eigenvalue weighted by Crippen LogP contribution is -2.31. The van der Waals surface area contributed by atoms with Crippen molar-refractivity contribution in [1.29, 1.82) is 0 Å². The zero-order chi connectivity index (χ0) is 22.2. The van der Waals surface area contributed by atoms with Crippen molar-refractivity contribution < 1.29 is 23.8 Å². The number of rotatable bonds is 9. The molecule has 3 rings (SSSR count). The molecule has 0 atom stereocenters. The van der Waals surface area contributed by atoms with E-state index < -0.39 is 5.97 Å². The van der Waals surface area contributed by atoms with Gasteiger partial charge < -0.3 is 19.1 Å². The van der Waals surface area contributed by atoms with Crippen LogP contribution in [0.2, 0.25) is 0 Å². The van der Waals surface area contributed by atoms with Gasteiger partial charge in [0.15, 0.2) is 13.2 Å². The van der Waals surface area contributed by atoms with Gasteiger partial charge >= 0.3 is 5.97 Å². The summed E-state index contributed by atoms with van der Waals surface area (Å²) in [5.74, 6) is 0.597. The third kappa shape index (κ3) is 5.98. The van der Waals surface area contributed by atoms with E-state index in [2.05, 4.69) is 0 Å². The Bertz CT molecular complexity index is 1060. The van der Waals surface area contributed by atoms with E-state index in [0.29, 0.717) is 12.3 Å². The van der Waals surface area contributed by atoms with Crippen LogP contribution in [0.1, 0.15) is 18.1 Å². The van der Waals surface area contributed by atoms with Gasteiger partial charge in [0.2, 0.25) is 0 Å². The summed E-state index contributed by atoms with van der Waals surface area (Å²) in [6, 6.07) is 19.4. The fraction of sp³-hybridized carbons (Fsp3) is 0.280. The summed E-state index contributed by atoms with van der Waals surface area (Å²) in [5, 5.41) is 2.13. The highest BCUT2D eigenvalue weighted by atomic mass is 16.6. The Morgan fingerprint density at radius 1 is 0.935 bits per heavy atom. The van der Waals surface area contributed by atoms with Gasteiger partial charge in [-0.25, -0.2) is 4.79 Å². The SMILES string of the molecule is CCc1ccccc1OCC(=O)OCC(=O)N(C)Cc1ccc2cc(OC)ccc2c1. The minimum Gasteiger partial charge on any atom is -0.497 e. The molecule has 0 aliphatic rings. The minimum atomic E-state index is -0.577. The molecule has 0 aliphatic carbocycles. The van der Waals surface area contributed by atoms with Crippen molar-refractivity contribution in [2.75, 3.05) is 27.4 Å². The number of amides is 1. The zero-order valence-electron chi connectivity index (χ0n) is 18.1. The summed E-state index contributed by atoms with van der Waals surface area (Å²) in [4.78, 5) is 25.9. The number of methoxy groups -OCH3 is 1. The Morgan fingerprint density at radius 3 is 2.45 bits per heavy atom. The fourth-order valence-electron chi connectivity index (χ4n) is 3.23. The van der Waals surface area contributed by atoms with Gasteiger partial charge in [0, 0.05) is 13.6 Å². The number of carbonyl (C=O) groups excluding carboxylic acids is 2. The van der Waals surface area contributed by atoms with Gasteiger partial charge in [-0.1, -0.05) is 43.3 Å². The lowest BCUT2D eigenvalue weighted by Gasteiger charge is -2.18. The molecule has 0 N–H and O–H groups in total. The monoisotopic (exact) mass is 421 g/mol. The van der Waals surface area contributed by atoms with Crippen LogP contribution in [0, 0.1) is 0 Å². The lowest BCUT2D eigenvalue weighted by molar-refractivity contribution is -0.153. The maximum absolute atomic E-state index is 12.4. The number of para-hydroxylation sites is 1. The lowest BCUT2D eigenvalue weighted by atomic mass is 10.1. The molecular formula is C25H27NO5. The number of likely N-dealkylation sites (N-methyl/N-ethyl adjacent to an activating group) is 1. The van der Waals surface area contributed by atoms with Crippen molar-refractivity contribution in [3.8, 4) is 11.5 Å². The molecule has 0 unspecified atom stereocenters. The third-order valence-corrected chi connectivity index (χ3v) is 5.01. The Hall–Kier alpha value is -3.54. The number of aryl methyl sites for hydroxylation is 1. The van der Waals surface area contributed by atoms with Crippen LogP contribution < -0.4 is 9.47 Å². The van der Waals surface area contributed by atoms with Crippen molar-refractivity contribution in [3.63, 3.8) is 0 Å². The fourth-order valence-corrected chi connectivity index (χ4v) is 3.23. The molecule has 0 saturated heterocycles. The average molecular weight is 421 g/mol. The van der Waals surface area contributed by atoms with Crippen LogP contribution in [0.25, 0.3) is 10.8 Å². The first-order valence-electron chi connectivity index (χ1n) is 10.2. The molecule has 0 radical (unpaired) electrons. The largest absolute Gasteiger partial charge is 0.497 e. The molecule has 3 aromatic carbocycles. The molecule has 0 saturated carbocycles. The minimum absolute atomic E-state index is 0.234. The Morgan fingerprint density at radius 2 is 1.68 bits per heavy atom. The third-order valence-electron chi connectivity index (χ3n) is 5.01. The molecule has 0 aliphatic heterocycles. The first-order valence-corrected chi connectivity index (χ1v) is 10.2. The smallest absolute Gasteiger partial charge is 0.344 e. The van der Waals surface area contributed by atoms with Crippen molar-refractivity contribution in [2.24, 2.45) is 0 Å². The maximum Gasteiger partial charge on any atom is 0.344 e. The van der Waals surface area contributed by atoms with E-state index in [9.17, 15) is 9.59 Å². The van der Waals surface area contributed by atoms with E-state index in [-0.39, 0.29) is 19.1 Å². The van der Waals surface area contributed by atoms with E-state index in [1.807, 2.05) is 67.6 Å². The highest BCUT2D eigenvalue weighted by molar-refractivity contribution is 5.85. The number of carbonyl (C=O) groups is 2. The van der Waals surface area contributed by atoms with Gasteiger partial charge in [0.25, 0.3) is 5.91 Å². The van der Waals surface area contributed by atoms with Crippen molar-refractivity contribution in [3.05, 3.63) is 71.8 Å². The van der Waals surface area contributed by atoms with Crippen molar-refractivity contribution in [2.45, 2.75) is 19.9 Å². The molecule has 3 aromatic rings. The predicted octanol–water partition coefficient (Wildman–Crippen LogP) is 3.99. The number of ether oxygens (including phenoxy) is 3. The number of hydrogen-bond donors (Lipinski definition) is 0. The molecule has 31 heavy (non-hydrogen) atoms. The van der Waals surface area contributed by atoms with Crippen LogP contribution in [-0.4, -0.2) is 44.1 Å². The predicted molar refractivity (Wildman–Crippen MR) is 119 cm³/mol. The highest BCUT2D eigenvalue weighted by Gasteiger charge is 2.14. The standard InChI is InChI=1S/C25H27NO5/c1-4-19-7-5-6-8-23(19)30-17-25(28)31-16-24(27)26(2)15-18-9-10-21-14-22(29-3)12-11-20(21)13-18/h5-14H,4,15-17H2,1-3H3. The van der Waals surface area contributed by atoms with Gasteiger partial charge in [-0.2, -0.15) is 0 Å². The number of hydrogen-bond acceptors (Lipinski definition) is 5. The first-order chi connectivity index (χ1) is 15.0. The van der Waals surface area contributed by atoms with Crippen LogP contribution in [0.3, 0.4) is 0 Å². The van der Waals surface area contributed by atoms with Crippen LogP contribution in [0.5, 0.6) is 11.5 Å². The van der Waals surface area contributed by atoms with Crippen LogP contribution in [0.4, 0.5) is 0 Å². The van der Waals surface area contributed by atoms with Crippen LogP contribution in [0.15, 0.2) is 60.7 Å². The molecule has 6 nitrogen and oxygen atoms in total. The summed E-state index contributed by atoms with van der Waals surface area (Å²) in [5.41, 5.74) is 2.00. The summed E-state index contributed by atoms with van der Waals surface area (Å²) in [6.07, 6.45) is 0.802.